The molecule has 0 saturated heterocycles. The Morgan fingerprint density at radius 3 is 2.28 bits per heavy atom. The Hall–Kier alpha value is -1.78. The predicted octanol–water partition coefficient (Wildman–Crippen LogP) is 2.55. The van der Waals surface area contributed by atoms with Gasteiger partial charge in [0.2, 0.25) is 0 Å². The number of H-pyrrole nitrogens is 1. The summed E-state index contributed by atoms with van der Waals surface area (Å²) in [7, 11) is 1.98. The van der Waals surface area contributed by atoms with Crippen molar-refractivity contribution in [3.8, 4) is 0 Å². The van der Waals surface area contributed by atoms with Gasteiger partial charge in [0.1, 0.15) is 0 Å². The summed E-state index contributed by atoms with van der Waals surface area (Å²) in [4.78, 5) is 0. The number of anilines is 1. The second-order valence-electron chi connectivity index (χ2n) is 4.88. The Labute approximate surface area is 108 Å². The molecular formula is C13H21N5. The van der Waals surface area contributed by atoms with Gasteiger partial charge in [0.15, 0.2) is 0 Å². The van der Waals surface area contributed by atoms with Gasteiger partial charge < -0.3 is 5.32 Å². The quantitative estimate of drug-likeness (QED) is 0.876. The van der Waals surface area contributed by atoms with Gasteiger partial charge in [-0.15, -0.1) is 0 Å². The lowest BCUT2D eigenvalue weighted by Gasteiger charge is -2.16. The molecule has 18 heavy (non-hydrogen) atoms. The number of aromatic amines is 1. The summed E-state index contributed by atoms with van der Waals surface area (Å²) in [6.07, 6.45) is 0. The van der Waals surface area contributed by atoms with E-state index in [0.717, 1.165) is 22.8 Å². The molecule has 0 fully saturated rings. The lowest BCUT2D eigenvalue weighted by Crippen LogP contribution is -2.10. The van der Waals surface area contributed by atoms with Crippen LogP contribution in [-0.4, -0.2) is 20.0 Å². The van der Waals surface area contributed by atoms with Crippen molar-refractivity contribution in [2.24, 2.45) is 7.05 Å². The Morgan fingerprint density at radius 2 is 1.83 bits per heavy atom. The number of aromatic nitrogens is 4. The van der Waals surface area contributed by atoms with E-state index >= 15 is 0 Å². The minimum Gasteiger partial charge on any atom is -0.375 e. The molecule has 0 saturated carbocycles. The lowest BCUT2D eigenvalue weighted by atomic mass is 10.1. The molecule has 5 nitrogen and oxygen atoms in total. The maximum atomic E-state index is 4.46. The van der Waals surface area contributed by atoms with Crippen molar-refractivity contribution < 1.29 is 0 Å². The summed E-state index contributed by atoms with van der Waals surface area (Å²) >= 11 is 0. The fourth-order valence-electron chi connectivity index (χ4n) is 2.47. The van der Waals surface area contributed by atoms with E-state index in [1.165, 1.54) is 11.3 Å². The third-order valence-electron chi connectivity index (χ3n) is 3.49. The Kier molecular flexibility index (Phi) is 3.15. The van der Waals surface area contributed by atoms with Crippen LogP contribution >= 0.6 is 0 Å². The monoisotopic (exact) mass is 247 g/mol. The van der Waals surface area contributed by atoms with Gasteiger partial charge in [-0.2, -0.15) is 10.2 Å². The van der Waals surface area contributed by atoms with Crippen LogP contribution in [0.25, 0.3) is 0 Å². The Balaban J connectivity index is 2.30. The van der Waals surface area contributed by atoms with Crippen molar-refractivity contribution in [2.75, 3.05) is 5.32 Å². The average Bonchev–Trinajstić information content (AvgIpc) is 2.73. The molecule has 0 aliphatic heterocycles. The second-order valence-corrected chi connectivity index (χ2v) is 4.88. The fourth-order valence-corrected chi connectivity index (χ4v) is 2.47. The van der Waals surface area contributed by atoms with Crippen LogP contribution in [0.4, 0.5) is 5.69 Å². The molecule has 0 aliphatic carbocycles. The topological polar surface area (TPSA) is 58.5 Å². The molecule has 2 rings (SSSR count). The van der Waals surface area contributed by atoms with Crippen molar-refractivity contribution in [1.82, 2.24) is 20.0 Å². The molecule has 0 bridgehead atoms. The average molecular weight is 247 g/mol. The summed E-state index contributed by atoms with van der Waals surface area (Å²) in [6.45, 7) is 10.3. The molecule has 2 aromatic heterocycles. The molecule has 5 heteroatoms. The number of hydrogen-bond acceptors (Lipinski definition) is 3. The van der Waals surface area contributed by atoms with E-state index in [9.17, 15) is 0 Å². The van der Waals surface area contributed by atoms with Crippen LogP contribution in [0.3, 0.4) is 0 Å². The SMILES string of the molecule is Cc1n[nH]c(C)c1NC(C)c1c(C)nn(C)c1C. The maximum absolute atomic E-state index is 4.46. The second kappa shape index (κ2) is 4.48. The Morgan fingerprint density at radius 1 is 1.17 bits per heavy atom. The van der Waals surface area contributed by atoms with Crippen LogP contribution in [0.5, 0.6) is 0 Å². The molecule has 0 aromatic carbocycles. The van der Waals surface area contributed by atoms with Crippen LogP contribution < -0.4 is 5.32 Å². The zero-order valence-corrected chi connectivity index (χ0v) is 11.9. The minimum atomic E-state index is 0.216. The van der Waals surface area contributed by atoms with Crippen LogP contribution in [0.2, 0.25) is 0 Å². The van der Waals surface area contributed by atoms with E-state index < -0.39 is 0 Å². The maximum Gasteiger partial charge on any atom is 0.0825 e. The smallest absolute Gasteiger partial charge is 0.0825 e. The zero-order valence-electron chi connectivity index (χ0n) is 11.9. The highest BCUT2D eigenvalue weighted by Crippen LogP contribution is 2.27. The summed E-state index contributed by atoms with van der Waals surface area (Å²) in [5.74, 6) is 0. The molecule has 0 aliphatic rings. The summed E-state index contributed by atoms with van der Waals surface area (Å²) in [6, 6.07) is 0.216. The number of nitrogens with zero attached hydrogens (tertiary/aromatic N) is 3. The van der Waals surface area contributed by atoms with Crippen LogP contribution in [-0.2, 0) is 7.05 Å². The van der Waals surface area contributed by atoms with Gasteiger partial charge in [0.25, 0.3) is 0 Å². The first-order valence-corrected chi connectivity index (χ1v) is 6.20. The van der Waals surface area contributed by atoms with E-state index in [4.69, 9.17) is 0 Å². The third-order valence-corrected chi connectivity index (χ3v) is 3.49. The normalized spacial score (nSPS) is 12.8. The highest BCUT2D eigenvalue weighted by Gasteiger charge is 2.18. The van der Waals surface area contributed by atoms with E-state index in [1.807, 2.05) is 25.6 Å². The van der Waals surface area contributed by atoms with Crippen molar-refractivity contribution >= 4 is 5.69 Å². The molecule has 2 aromatic rings. The Bertz CT molecular complexity index is 545. The first-order chi connectivity index (χ1) is 8.41. The number of rotatable bonds is 3. The summed E-state index contributed by atoms with van der Waals surface area (Å²) < 4.78 is 1.93. The van der Waals surface area contributed by atoms with Crippen molar-refractivity contribution in [1.29, 1.82) is 0 Å². The van der Waals surface area contributed by atoms with E-state index in [2.05, 4.69) is 41.4 Å². The van der Waals surface area contributed by atoms with Gasteiger partial charge in [-0.25, -0.2) is 0 Å². The molecule has 2 N–H and O–H groups in total. The molecule has 0 amide bonds. The highest BCUT2D eigenvalue weighted by atomic mass is 15.3. The van der Waals surface area contributed by atoms with Gasteiger partial charge in [0, 0.05) is 18.3 Å². The lowest BCUT2D eigenvalue weighted by molar-refractivity contribution is 0.728. The van der Waals surface area contributed by atoms with Crippen LogP contribution in [0, 0.1) is 27.7 Å². The number of nitrogens with one attached hydrogen (secondary N) is 2. The predicted molar refractivity (Wildman–Crippen MR) is 72.8 cm³/mol. The van der Waals surface area contributed by atoms with Gasteiger partial charge in [-0.1, -0.05) is 0 Å². The molecule has 1 atom stereocenters. The molecule has 0 radical (unpaired) electrons. The van der Waals surface area contributed by atoms with E-state index in [-0.39, 0.29) is 6.04 Å². The first kappa shape index (κ1) is 12.7. The van der Waals surface area contributed by atoms with Crippen molar-refractivity contribution in [3.63, 3.8) is 0 Å². The van der Waals surface area contributed by atoms with Crippen LogP contribution in [0.15, 0.2) is 0 Å². The number of aryl methyl sites for hydroxylation is 4. The molecule has 1 unspecified atom stereocenters. The van der Waals surface area contributed by atoms with Crippen LogP contribution in [0.1, 0.15) is 41.3 Å². The van der Waals surface area contributed by atoms with E-state index in [1.54, 1.807) is 0 Å². The largest absolute Gasteiger partial charge is 0.375 e. The van der Waals surface area contributed by atoms with Crippen molar-refractivity contribution in [3.05, 3.63) is 28.3 Å². The molecule has 2 heterocycles. The zero-order chi connectivity index (χ0) is 13.4. The first-order valence-electron chi connectivity index (χ1n) is 6.20. The minimum absolute atomic E-state index is 0.216. The molecule has 0 spiro atoms. The summed E-state index contributed by atoms with van der Waals surface area (Å²) in [5.41, 5.74) is 6.69. The van der Waals surface area contributed by atoms with E-state index in [0.29, 0.717) is 0 Å². The molecular weight excluding hydrogens is 226 g/mol. The summed E-state index contributed by atoms with van der Waals surface area (Å²) in [5, 5.41) is 15.2. The highest BCUT2D eigenvalue weighted by molar-refractivity contribution is 5.53. The van der Waals surface area contributed by atoms with Gasteiger partial charge in [-0.3, -0.25) is 9.78 Å². The fraction of sp³-hybridized carbons (Fsp3) is 0.538. The van der Waals surface area contributed by atoms with Gasteiger partial charge in [0.05, 0.1) is 28.8 Å². The third kappa shape index (κ3) is 2.00. The van der Waals surface area contributed by atoms with Gasteiger partial charge >= 0.3 is 0 Å². The van der Waals surface area contributed by atoms with Crippen molar-refractivity contribution in [2.45, 2.75) is 40.7 Å². The standard InChI is InChI=1S/C13H21N5/c1-7(12-8(2)17-18(6)11(12)5)14-13-9(3)15-16-10(13)4/h7,14H,1-6H3,(H,15,16). The molecule has 98 valence electrons. The van der Waals surface area contributed by atoms with Gasteiger partial charge in [-0.05, 0) is 34.6 Å². The number of hydrogen-bond donors (Lipinski definition) is 2.